The highest BCUT2D eigenvalue weighted by molar-refractivity contribution is 5.67. The van der Waals surface area contributed by atoms with Gasteiger partial charge in [-0.1, -0.05) is 0 Å². The molecule has 3 aliphatic rings. The van der Waals surface area contributed by atoms with Crippen LogP contribution in [0, 0.1) is 0 Å². The van der Waals surface area contributed by atoms with Crippen molar-refractivity contribution >= 4 is 12.2 Å². The van der Waals surface area contributed by atoms with Crippen molar-refractivity contribution < 1.29 is 0 Å². The molecule has 0 spiro atoms. The molecular formula is C7H5N5. The third kappa shape index (κ3) is 0.623. The molecule has 12 heavy (non-hydrogen) atoms. The van der Waals surface area contributed by atoms with Gasteiger partial charge in [-0.25, -0.2) is 15.0 Å². The standard InChI is InChI=1S/C7H5N5/c1-2-12-3-5-6(10-4-9-5)11-7(12)8-1/h1,3-4H,2H2. The van der Waals surface area contributed by atoms with E-state index in [-0.39, 0.29) is 0 Å². The maximum Gasteiger partial charge on any atom is 0.231 e. The number of aromatic nitrogens is 4. The predicted molar refractivity (Wildman–Crippen MR) is 42.6 cm³/mol. The minimum atomic E-state index is 0.667. The van der Waals surface area contributed by atoms with E-state index in [1.54, 1.807) is 0 Å². The molecule has 5 nitrogen and oxygen atoms in total. The van der Waals surface area contributed by atoms with E-state index in [2.05, 4.69) is 19.9 Å². The normalized spacial score (nSPS) is 14.0. The Hall–Kier alpha value is -1.78. The number of fused-ring (bicyclic) bond motifs is 2. The highest BCUT2D eigenvalue weighted by Gasteiger charge is 2.13. The molecule has 3 aliphatic heterocycles. The van der Waals surface area contributed by atoms with Crippen LogP contribution < -0.4 is 0 Å². The monoisotopic (exact) mass is 159 g/mol. The maximum atomic E-state index is 4.21. The van der Waals surface area contributed by atoms with Crippen molar-refractivity contribution in [2.45, 2.75) is 6.54 Å². The first-order valence-electron chi connectivity index (χ1n) is 3.64. The van der Waals surface area contributed by atoms with Crippen molar-refractivity contribution in [2.75, 3.05) is 0 Å². The third-order valence-corrected chi connectivity index (χ3v) is 1.83. The molecule has 0 radical (unpaired) electrons. The van der Waals surface area contributed by atoms with Crippen LogP contribution in [0.5, 0.6) is 0 Å². The Morgan fingerprint density at radius 1 is 1.33 bits per heavy atom. The zero-order valence-electron chi connectivity index (χ0n) is 6.18. The van der Waals surface area contributed by atoms with E-state index in [0.717, 1.165) is 12.2 Å². The number of rotatable bonds is 0. The molecule has 0 N–H and O–H groups in total. The minimum absolute atomic E-state index is 0.667. The lowest BCUT2D eigenvalue weighted by Gasteiger charge is -2.02. The molecule has 0 saturated heterocycles. The quantitative estimate of drug-likeness (QED) is 0.562. The van der Waals surface area contributed by atoms with Crippen molar-refractivity contribution in [3.05, 3.63) is 12.5 Å². The predicted octanol–water partition coefficient (Wildman–Crippen LogP) is 0.494. The van der Waals surface area contributed by atoms with Crippen LogP contribution in [0.15, 0.2) is 17.5 Å². The summed E-state index contributed by atoms with van der Waals surface area (Å²) >= 11 is 0. The first-order valence-corrected chi connectivity index (χ1v) is 3.64. The molecule has 0 aromatic heterocycles. The summed E-state index contributed by atoms with van der Waals surface area (Å²) in [5.41, 5.74) is 0.823. The second kappa shape index (κ2) is 1.88. The average molecular weight is 159 g/mol. The second-order valence-corrected chi connectivity index (χ2v) is 2.59. The second-order valence-electron chi connectivity index (χ2n) is 2.59. The fraction of sp³-hybridized carbons (Fsp3) is 0.143. The summed E-state index contributed by atoms with van der Waals surface area (Å²) in [5.74, 6) is 1.38. The summed E-state index contributed by atoms with van der Waals surface area (Å²) in [5, 5.41) is 0. The topological polar surface area (TPSA) is 56.0 Å². The molecule has 0 bridgehead atoms. The Balaban J connectivity index is 2.38. The Bertz CT molecular complexity index is 430. The van der Waals surface area contributed by atoms with Crippen LogP contribution in [0.25, 0.3) is 11.5 Å². The molecule has 0 saturated carbocycles. The number of imidazole rings is 1. The van der Waals surface area contributed by atoms with Gasteiger partial charge in [0.25, 0.3) is 0 Å². The van der Waals surface area contributed by atoms with E-state index in [1.807, 2.05) is 17.0 Å². The van der Waals surface area contributed by atoms with E-state index in [0.29, 0.717) is 11.8 Å². The first kappa shape index (κ1) is 5.82. The zero-order chi connectivity index (χ0) is 7.97. The highest BCUT2D eigenvalue weighted by Crippen LogP contribution is 2.21. The van der Waals surface area contributed by atoms with Crippen LogP contribution in [0.3, 0.4) is 0 Å². The molecule has 0 aliphatic carbocycles. The highest BCUT2D eigenvalue weighted by atomic mass is 15.2. The van der Waals surface area contributed by atoms with Crippen molar-refractivity contribution in [2.24, 2.45) is 4.99 Å². The van der Waals surface area contributed by atoms with Crippen LogP contribution in [0.1, 0.15) is 0 Å². The first-order chi connectivity index (χ1) is 5.93. The van der Waals surface area contributed by atoms with Gasteiger partial charge in [-0.3, -0.25) is 0 Å². The molecular weight excluding hydrogens is 154 g/mol. The number of nitrogens with zero attached hydrogens (tertiary/aromatic N) is 5. The van der Waals surface area contributed by atoms with Gasteiger partial charge in [-0.15, -0.1) is 0 Å². The van der Waals surface area contributed by atoms with E-state index >= 15 is 0 Å². The Morgan fingerprint density at radius 2 is 2.33 bits per heavy atom. The van der Waals surface area contributed by atoms with Gasteiger partial charge in [0.15, 0.2) is 5.82 Å². The van der Waals surface area contributed by atoms with Gasteiger partial charge in [0.05, 0.1) is 6.54 Å². The fourth-order valence-electron chi connectivity index (χ4n) is 1.26. The van der Waals surface area contributed by atoms with Crippen molar-refractivity contribution in [3.8, 4) is 11.5 Å². The molecule has 0 unspecified atom stereocenters. The summed E-state index contributed by atoms with van der Waals surface area (Å²) in [6.45, 7) is 0.783. The van der Waals surface area contributed by atoms with Gasteiger partial charge in [-0.05, 0) is 0 Å². The van der Waals surface area contributed by atoms with E-state index in [1.165, 1.54) is 6.33 Å². The molecule has 5 heteroatoms. The maximum absolute atomic E-state index is 4.21. The van der Waals surface area contributed by atoms with Crippen molar-refractivity contribution in [3.63, 3.8) is 0 Å². The van der Waals surface area contributed by atoms with Gasteiger partial charge >= 0.3 is 0 Å². The summed E-state index contributed by atoms with van der Waals surface area (Å²) in [6.07, 6.45) is 5.25. The Morgan fingerprint density at radius 3 is 3.33 bits per heavy atom. The van der Waals surface area contributed by atoms with Gasteiger partial charge in [-0.2, -0.15) is 4.98 Å². The van der Waals surface area contributed by atoms with Gasteiger partial charge < -0.3 is 4.57 Å². The number of hydrogen-bond acceptors (Lipinski definition) is 4. The van der Waals surface area contributed by atoms with Crippen molar-refractivity contribution in [1.82, 2.24) is 19.5 Å². The molecule has 0 amide bonds. The molecule has 3 heterocycles. The molecule has 3 rings (SSSR count). The third-order valence-electron chi connectivity index (χ3n) is 1.83. The molecule has 0 aromatic rings. The van der Waals surface area contributed by atoms with E-state index in [4.69, 9.17) is 0 Å². The lowest BCUT2D eigenvalue weighted by atomic mass is 10.4. The largest absolute Gasteiger partial charge is 0.309 e. The Kier molecular flexibility index (Phi) is 0.910. The average Bonchev–Trinajstić information content (AvgIpc) is 2.64. The lowest BCUT2D eigenvalue weighted by Crippen LogP contribution is -1.98. The van der Waals surface area contributed by atoms with Crippen molar-refractivity contribution in [1.29, 1.82) is 0 Å². The van der Waals surface area contributed by atoms with E-state index < -0.39 is 0 Å². The number of hydrogen-bond donors (Lipinski definition) is 0. The fourth-order valence-corrected chi connectivity index (χ4v) is 1.26. The Labute approximate surface area is 68.2 Å². The van der Waals surface area contributed by atoms with E-state index in [9.17, 15) is 0 Å². The smallest absolute Gasteiger partial charge is 0.231 e. The van der Waals surface area contributed by atoms with Gasteiger partial charge in [0.1, 0.15) is 12.0 Å². The lowest BCUT2D eigenvalue weighted by molar-refractivity contribution is 0.854. The van der Waals surface area contributed by atoms with Gasteiger partial charge in [0.2, 0.25) is 5.95 Å². The van der Waals surface area contributed by atoms with Crippen LogP contribution in [0.2, 0.25) is 0 Å². The molecule has 58 valence electrons. The SMILES string of the molecule is C1=Nc2nc3ncnc-3cn2C1. The van der Waals surface area contributed by atoms with Gasteiger partial charge in [0, 0.05) is 12.4 Å². The summed E-state index contributed by atoms with van der Waals surface area (Å²) in [7, 11) is 0. The number of aliphatic imine (C=N–C) groups is 1. The minimum Gasteiger partial charge on any atom is -0.309 e. The van der Waals surface area contributed by atoms with Crippen LogP contribution >= 0.6 is 0 Å². The molecule has 0 fully saturated rings. The van der Waals surface area contributed by atoms with Crippen LogP contribution in [-0.4, -0.2) is 25.7 Å². The van der Waals surface area contributed by atoms with Crippen LogP contribution in [-0.2, 0) is 6.54 Å². The van der Waals surface area contributed by atoms with Crippen LogP contribution in [0.4, 0.5) is 5.95 Å². The summed E-state index contributed by atoms with van der Waals surface area (Å²) < 4.78 is 1.94. The molecule has 0 atom stereocenters. The summed E-state index contributed by atoms with van der Waals surface area (Å²) in [4.78, 5) is 16.3. The molecule has 0 aromatic carbocycles. The zero-order valence-corrected chi connectivity index (χ0v) is 6.18. The summed E-state index contributed by atoms with van der Waals surface area (Å²) in [6, 6.07) is 0.